The minimum absolute atomic E-state index is 0.0316. The van der Waals surface area contributed by atoms with Crippen LogP contribution in [0, 0.1) is 0 Å². The second-order valence-electron chi connectivity index (χ2n) is 7.57. The predicted molar refractivity (Wildman–Crippen MR) is 124 cm³/mol. The van der Waals surface area contributed by atoms with Crippen LogP contribution in [0.15, 0.2) is 41.0 Å². The van der Waals surface area contributed by atoms with Crippen molar-refractivity contribution < 1.29 is 14.6 Å². The van der Waals surface area contributed by atoms with Crippen LogP contribution in [0.25, 0.3) is 16.5 Å². The Morgan fingerprint density at radius 3 is 2.62 bits per heavy atom. The van der Waals surface area contributed by atoms with Crippen LogP contribution in [0.4, 0.5) is 0 Å². The Morgan fingerprint density at radius 1 is 1.16 bits per heavy atom. The average Bonchev–Trinajstić information content (AvgIpc) is 3.50. The molecule has 0 radical (unpaired) electrons. The summed E-state index contributed by atoms with van der Waals surface area (Å²) in [6.07, 6.45) is 1.56. The van der Waals surface area contributed by atoms with Gasteiger partial charge in [-0.2, -0.15) is 9.50 Å². The molecule has 32 heavy (non-hydrogen) atoms. The lowest BCUT2D eigenvalue weighted by Crippen LogP contribution is -2.48. The second kappa shape index (κ2) is 9.01. The molecule has 3 aromatic heterocycles. The molecular weight excluding hydrogens is 473 g/mol. The van der Waals surface area contributed by atoms with E-state index in [4.69, 9.17) is 27.6 Å². The van der Waals surface area contributed by atoms with E-state index in [2.05, 4.69) is 19.9 Å². The van der Waals surface area contributed by atoms with Crippen molar-refractivity contribution in [3.8, 4) is 17.5 Å². The minimum atomic E-state index is -0.281. The van der Waals surface area contributed by atoms with Gasteiger partial charge in [-0.3, -0.25) is 9.80 Å². The SMILES string of the molecule is OCCN1CCN([C@@H](c2ccc(Cl)cc2Cl)c2sc3nc(-c4ccco4)nn3c2O)CC1. The minimum Gasteiger partial charge on any atom is -0.492 e. The lowest BCUT2D eigenvalue weighted by Gasteiger charge is -2.39. The van der Waals surface area contributed by atoms with E-state index >= 15 is 0 Å². The fourth-order valence-corrected chi connectivity index (χ4v) is 5.67. The van der Waals surface area contributed by atoms with E-state index in [1.165, 1.54) is 15.9 Å². The second-order valence-corrected chi connectivity index (χ2v) is 9.42. The maximum atomic E-state index is 11.1. The normalized spacial score (nSPS) is 16.7. The van der Waals surface area contributed by atoms with Crippen molar-refractivity contribution in [3.63, 3.8) is 0 Å². The largest absolute Gasteiger partial charge is 0.492 e. The van der Waals surface area contributed by atoms with Gasteiger partial charge >= 0.3 is 0 Å². The summed E-state index contributed by atoms with van der Waals surface area (Å²) in [5.41, 5.74) is 0.859. The number of hydrogen-bond donors (Lipinski definition) is 2. The van der Waals surface area contributed by atoms with Crippen molar-refractivity contribution in [1.82, 2.24) is 24.4 Å². The molecule has 0 saturated carbocycles. The summed E-state index contributed by atoms with van der Waals surface area (Å²) >= 11 is 14.1. The lowest BCUT2D eigenvalue weighted by molar-refractivity contribution is 0.0946. The third-order valence-corrected chi connectivity index (χ3v) is 7.27. The molecule has 1 saturated heterocycles. The molecule has 1 fully saturated rings. The Balaban J connectivity index is 1.55. The van der Waals surface area contributed by atoms with Crippen LogP contribution in [0.5, 0.6) is 5.88 Å². The zero-order valence-corrected chi connectivity index (χ0v) is 19.3. The Labute approximate surface area is 198 Å². The molecule has 168 valence electrons. The molecule has 11 heteroatoms. The quantitative estimate of drug-likeness (QED) is 0.422. The summed E-state index contributed by atoms with van der Waals surface area (Å²) in [5.74, 6) is 0.991. The van der Waals surface area contributed by atoms with Crippen LogP contribution >= 0.6 is 34.5 Å². The maximum Gasteiger partial charge on any atom is 0.230 e. The first-order chi connectivity index (χ1) is 15.5. The summed E-state index contributed by atoms with van der Waals surface area (Å²) in [5, 5.41) is 25.9. The fourth-order valence-electron chi connectivity index (χ4n) is 4.05. The molecule has 1 aliphatic rings. The maximum absolute atomic E-state index is 11.1. The standard InChI is InChI=1S/C21H21Cl2N5O3S/c22-13-3-4-14(15(23)12-13)17(27-7-5-26(6-8-27)9-10-29)18-20(30)28-21(32-18)24-19(25-28)16-2-1-11-31-16/h1-4,11-12,17,29-30H,5-10H2/t17-/m0/s1. The molecule has 2 N–H and O–H groups in total. The van der Waals surface area contributed by atoms with Crippen molar-refractivity contribution in [2.75, 3.05) is 39.3 Å². The number of nitrogens with zero attached hydrogens (tertiary/aromatic N) is 5. The molecule has 0 bridgehead atoms. The number of β-amino-alcohol motifs (C(OH)–C–C–N with tert-alkyl or cyclic N) is 1. The first-order valence-corrected chi connectivity index (χ1v) is 11.8. The van der Waals surface area contributed by atoms with Gasteiger partial charge in [-0.05, 0) is 29.8 Å². The van der Waals surface area contributed by atoms with E-state index in [-0.39, 0.29) is 18.5 Å². The Kier molecular flexibility index (Phi) is 6.11. The number of aromatic nitrogens is 3. The van der Waals surface area contributed by atoms with Gasteiger partial charge in [0, 0.05) is 42.8 Å². The number of rotatable bonds is 6. The number of hydrogen-bond acceptors (Lipinski definition) is 8. The van der Waals surface area contributed by atoms with E-state index in [0.29, 0.717) is 38.0 Å². The van der Waals surface area contributed by atoms with Crippen LogP contribution in [-0.4, -0.2) is 73.9 Å². The highest BCUT2D eigenvalue weighted by molar-refractivity contribution is 7.17. The van der Waals surface area contributed by atoms with Crippen molar-refractivity contribution >= 4 is 39.5 Å². The first-order valence-electron chi connectivity index (χ1n) is 10.2. The van der Waals surface area contributed by atoms with Crippen molar-refractivity contribution in [2.45, 2.75) is 6.04 Å². The van der Waals surface area contributed by atoms with E-state index in [1.54, 1.807) is 30.5 Å². The number of benzene rings is 1. The van der Waals surface area contributed by atoms with Crippen LogP contribution in [-0.2, 0) is 0 Å². The molecule has 0 aliphatic carbocycles. The van der Waals surface area contributed by atoms with Crippen LogP contribution in [0.1, 0.15) is 16.5 Å². The van der Waals surface area contributed by atoms with Gasteiger partial charge in [0.25, 0.3) is 0 Å². The molecule has 8 nitrogen and oxygen atoms in total. The van der Waals surface area contributed by atoms with Gasteiger partial charge in [-0.1, -0.05) is 40.6 Å². The Bertz CT molecular complexity index is 1220. The van der Waals surface area contributed by atoms with Crippen LogP contribution < -0.4 is 0 Å². The van der Waals surface area contributed by atoms with Crippen molar-refractivity contribution in [1.29, 1.82) is 0 Å². The molecule has 0 unspecified atom stereocenters. The molecule has 1 atom stereocenters. The Hall–Kier alpha value is -2.14. The number of furan rings is 1. The van der Waals surface area contributed by atoms with E-state index < -0.39 is 0 Å². The summed E-state index contributed by atoms with van der Waals surface area (Å²) in [7, 11) is 0. The highest BCUT2D eigenvalue weighted by Crippen LogP contribution is 2.43. The van der Waals surface area contributed by atoms with Gasteiger partial charge in [-0.25, -0.2) is 0 Å². The molecule has 5 rings (SSSR count). The Morgan fingerprint density at radius 2 is 1.97 bits per heavy atom. The summed E-state index contributed by atoms with van der Waals surface area (Å²) in [6.45, 7) is 3.93. The number of thiazole rings is 1. The summed E-state index contributed by atoms with van der Waals surface area (Å²) in [6, 6.07) is 8.69. The average molecular weight is 494 g/mol. The fraction of sp³-hybridized carbons (Fsp3) is 0.333. The molecular formula is C21H21Cl2N5O3S. The van der Waals surface area contributed by atoms with Crippen LogP contribution in [0.3, 0.4) is 0 Å². The van der Waals surface area contributed by atoms with Gasteiger partial charge in [0.15, 0.2) is 5.76 Å². The molecule has 4 aromatic rings. The number of aliphatic hydroxyl groups excluding tert-OH is 1. The van der Waals surface area contributed by atoms with Gasteiger partial charge in [0.2, 0.25) is 16.7 Å². The molecule has 1 aliphatic heterocycles. The number of fused-ring (bicyclic) bond motifs is 1. The molecule has 4 heterocycles. The number of piperazine rings is 1. The van der Waals surface area contributed by atoms with Gasteiger partial charge in [-0.15, -0.1) is 5.10 Å². The monoisotopic (exact) mass is 493 g/mol. The molecule has 0 amide bonds. The zero-order chi connectivity index (χ0) is 22.2. The third kappa shape index (κ3) is 4.00. The molecule has 0 spiro atoms. The molecule has 1 aromatic carbocycles. The van der Waals surface area contributed by atoms with Crippen LogP contribution in [0.2, 0.25) is 10.0 Å². The topological polar surface area (TPSA) is 90.3 Å². The van der Waals surface area contributed by atoms with E-state index in [1.807, 2.05) is 6.07 Å². The van der Waals surface area contributed by atoms with Gasteiger partial charge in [0.05, 0.1) is 23.8 Å². The highest BCUT2D eigenvalue weighted by atomic mass is 35.5. The summed E-state index contributed by atoms with van der Waals surface area (Å²) < 4.78 is 6.82. The third-order valence-electron chi connectivity index (χ3n) is 5.63. The zero-order valence-electron chi connectivity index (χ0n) is 17.0. The lowest BCUT2D eigenvalue weighted by atomic mass is 10.0. The first kappa shape index (κ1) is 21.7. The summed E-state index contributed by atoms with van der Waals surface area (Å²) in [4.78, 5) is 10.3. The number of aliphatic hydroxyl groups is 1. The van der Waals surface area contributed by atoms with E-state index in [9.17, 15) is 10.2 Å². The van der Waals surface area contributed by atoms with Gasteiger partial charge < -0.3 is 14.6 Å². The predicted octanol–water partition coefficient (Wildman–Crippen LogP) is 3.76. The van der Waals surface area contributed by atoms with Gasteiger partial charge in [0.1, 0.15) is 0 Å². The number of halogens is 2. The highest BCUT2D eigenvalue weighted by Gasteiger charge is 2.33. The smallest absolute Gasteiger partial charge is 0.230 e. The van der Waals surface area contributed by atoms with E-state index in [0.717, 1.165) is 31.7 Å². The van der Waals surface area contributed by atoms with Crippen molar-refractivity contribution in [2.24, 2.45) is 0 Å². The van der Waals surface area contributed by atoms with Crippen molar-refractivity contribution in [3.05, 3.63) is 57.1 Å². The number of aromatic hydroxyl groups is 1.